The van der Waals surface area contributed by atoms with Crippen molar-refractivity contribution in [3.8, 4) is 5.75 Å². The average Bonchev–Trinajstić information content (AvgIpc) is 2.69. The zero-order valence-electron chi connectivity index (χ0n) is 15.6. The van der Waals surface area contributed by atoms with E-state index in [2.05, 4.69) is 20.8 Å². The van der Waals surface area contributed by atoms with Crippen molar-refractivity contribution >= 4 is 15.9 Å². The van der Waals surface area contributed by atoms with Gasteiger partial charge in [0.25, 0.3) is 0 Å². The standard InChI is InChI=1S/C21H25BrFNO4/c22-17-4-6-20(7-5-17)27-11-10-26-15-19(25)13-24-8-9-28-21(14-24)16-2-1-3-18(23)12-16/h1-7,12,19,21,25H,8-11,13-15H2. The molecule has 1 N–H and O–H groups in total. The van der Waals surface area contributed by atoms with Crippen LogP contribution in [-0.4, -0.2) is 62.2 Å². The molecular formula is C21H25BrFNO4. The van der Waals surface area contributed by atoms with E-state index in [4.69, 9.17) is 14.2 Å². The highest BCUT2D eigenvalue weighted by molar-refractivity contribution is 9.10. The molecule has 0 amide bonds. The SMILES string of the molecule is OC(COCCOc1ccc(Br)cc1)CN1CCOC(c2cccc(F)c2)C1. The Labute approximate surface area is 173 Å². The Balaban J connectivity index is 1.34. The van der Waals surface area contributed by atoms with Gasteiger partial charge in [-0.15, -0.1) is 0 Å². The number of hydrogen-bond donors (Lipinski definition) is 1. The van der Waals surface area contributed by atoms with Crippen LogP contribution in [0.4, 0.5) is 4.39 Å². The molecule has 1 heterocycles. The molecule has 0 aromatic heterocycles. The van der Waals surface area contributed by atoms with Gasteiger partial charge in [0, 0.05) is 24.1 Å². The maximum atomic E-state index is 13.4. The summed E-state index contributed by atoms with van der Waals surface area (Å²) in [7, 11) is 0. The topological polar surface area (TPSA) is 51.2 Å². The lowest BCUT2D eigenvalue weighted by atomic mass is 10.1. The number of nitrogens with zero attached hydrogens (tertiary/aromatic N) is 1. The fourth-order valence-corrected chi connectivity index (χ4v) is 3.36. The minimum absolute atomic E-state index is 0.183. The van der Waals surface area contributed by atoms with Gasteiger partial charge in [-0.3, -0.25) is 4.90 Å². The molecular weight excluding hydrogens is 429 g/mol. The molecule has 0 spiro atoms. The van der Waals surface area contributed by atoms with E-state index in [1.54, 1.807) is 6.07 Å². The van der Waals surface area contributed by atoms with Gasteiger partial charge in [0.05, 0.1) is 32.0 Å². The Morgan fingerprint density at radius 1 is 1.21 bits per heavy atom. The van der Waals surface area contributed by atoms with Gasteiger partial charge < -0.3 is 19.3 Å². The summed E-state index contributed by atoms with van der Waals surface area (Å²) < 4.78 is 31.3. The number of morpholine rings is 1. The van der Waals surface area contributed by atoms with E-state index in [1.807, 2.05) is 30.3 Å². The summed E-state index contributed by atoms with van der Waals surface area (Å²) in [6, 6.07) is 14.1. The molecule has 28 heavy (non-hydrogen) atoms. The molecule has 0 saturated carbocycles. The Morgan fingerprint density at radius 3 is 2.82 bits per heavy atom. The molecule has 2 atom stereocenters. The van der Waals surface area contributed by atoms with Crippen molar-refractivity contribution in [2.24, 2.45) is 0 Å². The van der Waals surface area contributed by atoms with Gasteiger partial charge >= 0.3 is 0 Å². The van der Waals surface area contributed by atoms with Crippen LogP contribution in [0.5, 0.6) is 5.75 Å². The quantitative estimate of drug-likeness (QED) is 0.589. The van der Waals surface area contributed by atoms with Crippen molar-refractivity contribution in [3.63, 3.8) is 0 Å². The first kappa shape index (κ1) is 21.2. The highest BCUT2D eigenvalue weighted by Crippen LogP contribution is 2.23. The number of aliphatic hydroxyl groups is 1. The monoisotopic (exact) mass is 453 g/mol. The van der Waals surface area contributed by atoms with Gasteiger partial charge in [-0.25, -0.2) is 4.39 Å². The number of hydrogen-bond acceptors (Lipinski definition) is 5. The summed E-state index contributed by atoms with van der Waals surface area (Å²) in [6.07, 6.45) is -0.782. The van der Waals surface area contributed by atoms with Gasteiger partial charge in [0.15, 0.2) is 0 Å². The van der Waals surface area contributed by atoms with Crippen LogP contribution in [0, 0.1) is 5.82 Å². The number of aliphatic hydroxyl groups excluding tert-OH is 1. The Hall–Kier alpha value is -1.51. The molecule has 2 unspecified atom stereocenters. The van der Waals surface area contributed by atoms with E-state index in [0.29, 0.717) is 32.9 Å². The van der Waals surface area contributed by atoms with Crippen molar-refractivity contribution in [1.82, 2.24) is 4.90 Å². The van der Waals surface area contributed by atoms with Crippen molar-refractivity contribution in [2.75, 3.05) is 46.1 Å². The van der Waals surface area contributed by atoms with Crippen molar-refractivity contribution in [2.45, 2.75) is 12.2 Å². The van der Waals surface area contributed by atoms with E-state index < -0.39 is 6.10 Å². The van der Waals surface area contributed by atoms with Crippen LogP contribution < -0.4 is 4.74 Å². The molecule has 1 aliphatic heterocycles. The Kier molecular flexibility index (Phi) is 8.24. The average molecular weight is 454 g/mol. The minimum Gasteiger partial charge on any atom is -0.491 e. The van der Waals surface area contributed by atoms with E-state index in [0.717, 1.165) is 22.3 Å². The van der Waals surface area contributed by atoms with Gasteiger partial charge in [-0.05, 0) is 42.0 Å². The highest BCUT2D eigenvalue weighted by Gasteiger charge is 2.23. The molecule has 152 valence electrons. The first-order valence-corrected chi connectivity index (χ1v) is 10.1. The summed E-state index contributed by atoms with van der Waals surface area (Å²) in [6.45, 7) is 3.46. The van der Waals surface area contributed by atoms with Gasteiger partial charge in [-0.1, -0.05) is 28.1 Å². The Bertz CT molecular complexity index is 731. The summed E-state index contributed by atoms with van der Waals surface area (Å²) in [4.78, 5) is 2.12. The summed E-state index contributed by atoms with van der Waals surface area (Å²) in [5.41, 5.74) is 0.820. The molecule has 5 nitrogen and oxygen atoms in total. The van der Waals surface area contributed by atoms with Crippen LogP contribution in [0.3, 0.4) is 0 Å². The zero-order chi connectivity index (χ0) is 19.8. The lowest BCUT2D eigenvalue weighted by Gasteiger charge is -2.34. The maximum absolute atomic E-state index is 13.4. The van der Waals surface area contributed by atoms with Crippen molar-refractivity contribution in [3.05, 3.63) is 64.4 Å². The van der Waals surface area contributed by atoms with Crippen molar-refractivity contribution < 1.29 is 23.7 Å². The second kappa shape index (κ2) is 10.9. The zero-order valence-corrected chi connectivity index (χ0v) is 17.2. The molecule has 1 aliphatic rings. The second-order valence-corrected chi connectivity index (χ2v) is 7.62. The third kappa shape index (κ3) is 6.83. The van der Waals surface area contributed by atoms with Crippen LogP contribution in [0.2, 0.25) is 0 Å². The van der Waals surface area contributed by atoms with Crippen LogP contribution >= 0.6 is 15.9 Å². The van der Waals surface area contributed by atoms with E-state index >= 15 is 0 Å². The first-order chi connectivity index (χ1) is 13.6. The highest BCUT2D eigenvalue weighted by atomic mass is 79.9. The molecule has 2 aromatic carbocycles. The Morgan fingerprint density at radius 2 is 2.04 bits per heavy atom. The summed E-state index contributed by atoms with van der Waals surface area (Å²) >= 11 is 3.38. The summed E-state index contributed by atoms with van der Waals surface area (Å²) in [5, 5.41) is 10.2. The molecule has 2 aromatic rings. The molecule has 0 radical (unpaired) electrons. The molecule has 0 bridgehead atoms. The number of β-amino-alcohol motifs (C(OH)–C–C–N with tert-alkyl or cyclic N) is 1. The van der Waals surface area contributed by atoms with Crippen LogP contribution in [0.25, 0.3) is 0 Å². The normalized spacial score (nSPS) is 18.8. The number of ether oxygens (including phenoxy) is 3. The number of halogens is 2. The van der Waals surface area contributed by atoms with Gasteiger partial charge in [0.2, 0.25) is 0 Å². The largest absolute Gasteiger partial charge is 0.491 e. The van der Waals surface area contributed by atoms with E-state index in [-0.39, 0.29) is 18.5 Å². The third-order valence-electron chi connectivity index (χ3n) is 4.46. The van der Waals surface area contributed by atoms with Crippen LogP contribution in [0.1, 0.15) is 11.7 Å². The molecule has 0 aliphatic carbocycles. The molecule has 7 heteroatoms. The molecule has 1 fully saturated rings. The van der Waals surface area contributed by atoms with Crippen LogP contribution in [0.15, 0.2) is 53.0 Å². The lowest BCUT2D eigenvalue weighted by molar-refractivity contribution is -0.0535. The van der Waals surface area contributed by atoms with Crippen molar-refractivity contribution in [1.29, 1.82) is 0 Å². The second-order valence-electron chi connectivity index (χ2n) is 6.71. The number of benzene rings is 2. The van der Waals surface area contributed by atoms with E-state index in [9.17, 15) is 9.50 Å². The van der Waals surface area contributed by atoms with Gasteiger partial charge in [-0.2, -0.15) is 0 Å². The van der Waals surface area contributed by atoms with E-state index in [1.165, 1.54) is 12.1 Å². The third-order valence-corrected chi connectivity index (χ3v) is 4.99. The molecule has 3 rings (SSSR count). The van der Waals surface area contributed by atoms with Gasteiger partial charge in [0.1, 0.15) is 18.2 Å². The molecule has 1 saturated heterocycles. The smallest absolute Gasteiger partial charge is 0.123 e. The fourth-order valence-electron chi connectivity index (χ4n) is 3.10. The maximum Gasteiger partial charge on any atom is 0.123 e. The first-order valence-electron chi connectivity index (χ1n) is 9.34. The summed E-state index contributed by atoms with van der Waals surface area (Å²) in [5.74, 6) is 0.515. The fraction of sp³-hybridized carbons (Fsp3) is 0.429. The lowest BCUT2D eigenvalue weighted by Crippen LogP contribution is -2.43. The minimum atomic E-state index is -0.598. The predicted octanol–water partition coefficient (Wildman–Crippen LogP) is 3.42. The van der Waals surface area contributed by atoms with Crippen LogP contribution in [-0.2, 0) is 9.47 Å². The number of rotatable bonds is 9. The predicted molar refractivity (Wildman–Crippen MR) is 108 cm³/mol.